The Morgan fingerprint density at radius 2 is 1.40 bits per heavy atom. The van der Waals surface area contributed by atoms with Crippen molar-refractivity contribution in [2.75, 3.05) is 0 Å². The minimum atomic E-state index is 0.667. The fourth-order valence-corrected chi connectivity index (χ4v) is 0. The van der Waals surface area contributed by atoms with Crippen LogP contribution >= 0.6 is 0 Å². The molecule has 0 aliphatic rings. The van der Waals surface area contributed by atoms with Gasteiger partial charge in [0.1, 0.15) is 0 Å². The molecule has 34 valence electrons. The summed E-state index contributed by atoms with van der Waals surface area (Å²) in [6, 6.07) is 0. The molecule has 0 saturated carbocycles. The van der Waals surface area contributed by atoms with Gasteiger partial charge in [-0.15, -0.1) is 0 Å². The number of hydrogen-bond acceptors (Lipinski definition) is 1. The van der Waals surface area contributed by atoms with Gasteiger partial charge in [-0.05, 0) is 0 Å². The minimum absolute atomic E-state index is 0.667. The quantitative estimate of drug-likeness (QED) is 0.471. The Morgan fingerprint density at radius 3 is 1.40 bits per heavy atom. The van der Waals surface area contributed by atoms with Crippen molar-refractivity contribution in [2.24, 2.45) is 0 Å². The molecule has 0 heterocycles. The maximum atomic E-state index is 6.25. The van der Waals surface area contributed by atoms with E-state index in [2.05, 4.69) is 10.3 Å². The first-order chi connectivity index (χ1) is 2.41. The second kappa shape index (κ2) is 29.2. The summed E-state index contributed by atoms with van der Waals surface area (Å²) in [6.07, 6.45) is 0. The van der Waals surface area contributed by atoms with Crippen molar-refractivity contribution < 1.29 is 19.8 Å². The average molecular weight is 253 g/mol. The van der Waals surface area contributed by atoms with Crippen LogP contribution in [0.3, 0.4) is 0 Å². The van der Waals surface area contributed by atoms with E-state index in [4.69, 9.17) is 11.8 Å². The molecule has 0 aromatic heterocycles. The van der Waals surface area contributed by atoms with Gasteiger partial charge in [-0.2, -0.15) is 0 Å². The van der Waals surface area contributed by atoms with E-state index < -0.39 is 0 Å². The van der Waals surface area contributed by atoms with E-state index in [1.165, 1.54) is 0 Å². The summed E-state index contributed by atoms with van der Waals surface area (Å²) in [5.41, 5.74) is 0. The summed E-state index contributed by atoms with van der Waals surface area (Å²) < 4.78 is 0. The Morgan fingerprint density at radius 1 is 1.40 bits per heavy atom. The van der Waals surface area contributed by atoms with Crippen LogP contribution in [0, 0.1) is 11.8 Å². The van der Waals surface area contributed by atoms with Gasteiger partial charge in [0.2, 0.25) is 0 Å². The molecule has 5 heavy (non-hydrogen) atoms. The summed E-state index contributed by atoms with van der Waals surface area (Å²) in [4.78, 5) is 0. The number of rotatable bonds is 0. The summed E-state index contributed by atoms with van der Waals surface area (Å²) in [6.45, 7) is 4.75. The van der Waals surface area contributed by atoms with Crippen molar-refractivity contribution in [2.45, 2.75) is 10.3 Å². The molecule has 0 amide bonds. The van der Waals surface area contributed by atoms with Crippen LogP contribution in [0.5, 0.6) is 0 Å². The van der Waals surface area contributed by atoms with Crippen LogP contribution in [-0.2, 0) is 19.8 Å². The normalized spacial score (nSPS) is 4.80. The topological polar surface area (TPSA) is 23.8 Å². The van der Waals surface area contributed by atoms with Crippen molar-refractivity contribution in [1.82, 2.24) is 0 Å². The fourth-order valence-electron chi connectivity index (χ4n) is 0. The van der Waals surface area contributed by atoms with Crippen LogP contribution < -0.4 is 0 Å². The van der Waals surface area contributed by atoms with Gasteiger partial charge < -0.3 is 11.8 Å². The third-order valence-electron chi connectivity index (χ3n) is 0. The molecule has 0 radical (unpaired) electrons. The van der Waals surface area contributed by atoms with Crippen LogP contribution in [0.4, 0.5) is 0 Å². The molecule has 0 aliphatic carbocycles. The molecular weight excluding hydrogens is 247 g/mol. The van der Waals surface area contributed by atoms with E-state index >= 15 is 0 Å². The predicted molar refractivity (Wildman–Crippen MR) is 16.7 cm³/mol. The Hall–Kier alpha value is 0.230. The summed E-state index contributed by atoms with van der Waals surface area (Å²) in [5.74, 6) is 0. The monoisotopic (exact) mass is 253 g/mol. The molecule has 0 spiro atoms. The van der Waals surface area contributed by atoms with Gasteiger partial charge in [0.15, 0.2) is 0 Å². The Balaban J connectivity index is 0. The molecule has 0 atom stereocenters. The van der Waals surface area contributed by atoms with Crippen LogP contribution in [-0.4, -0.2) is 0 Å². The van der Waals surface area contributed by atoms with E-state index in [1.54, 1.807) is 0 Å². The Kier molecular flexibility index (Phi) is 52.3. The van der Waals surface area contributed by atoms with Gasteiger partial charge in [0.25, 0.3) is 0 Å². The van der Waals surface area contributed by atoms with Crippen molar-refractivity contribution in [3.8, 4) is 0 Å². The molecular formula is C3H6AuN. The zero-order valence-corrected chi connectivity index (χ0v) is 5.42. The molecule has 0 aromatic carbocycles. The van der Waals surface area contributed by atoms with Gasteiger partial charge in [0.05, 0.1) is 0 Å². The third kappa shape index (κ3) is 397. The van der Waals surface area contributed by atoms with Gasteiger partial charge in [-0.25, -0.2) is 0 Å². The molecule has 0 aromatic rings. The first-order valence-electron chi connectivity index (χ1n) is 0.827. The van der Waals surface area contributed by atoms with Crippen molar-refractivity contribution in [1.29, 1.82) is 5.26 Å². The molecule has 0 fully saturated rings. The van der Waals surface area contributed by atoms with Crippen LogP contribution in [0.1, 0.15) is 0 Å². The molecule has 1 nitrogen and oxygen atoms in total. The molecule has 0 unspecified atom stereocenters. The molecule has 0 rings (SSSR count). The van der Waals surface area contributed by atoms with E-state index in [-0.39, 0.29) is 0 Å². The third-order valence-corrected chi connectivity index (χ3v) is 0. The Labute approximate surface area is 42.3 Å². The van der Waals surface area contributed by atoms with Crippen molar-refractivity contribution in [3.05, 3.63) is 6.57 Å². The van der Waals surface area contributed by atoms with Gasteiger partial charge in [-0.1, -0.05) is 0 Å². The number of nitrogens with zero attached hydrogens (tertiary/aromatic N) is 1. The molecule has 0 bridgehead atoms. The zero-order valence-electron chi connectivity index (χ0n) is 3.25. The maximum absolute atomic E-state index is 6.25. The van der Waals surface area contributed by atoms with Crippen molar-refractivity contribution >= 4 is 0 Å². The summed E-state index contributed by atoms with van der Waals surface area (Å²) >= 11 is 0.667. The zero-order chi connectivity index (χ0) is 4.71. The second-order valence-corrected chi connectivity index (χ2v) is 2.47. The van der Waals surface area contributed by atoms with Crippen LogP contribution in [0.2, 0.25) is 10.3 Å². The van der Waals surface area contributed by atoms with E-state index in [1.807, 2.05) is 0 Å². The Bertz CT molecular complexity index is 18.1. The predicted octanol–water partition coefficient (Wildman–Crippen LogP) is 1.26. The van der Waals surface area contributed by atoms with Gasteiger partial charge >= 0.3 is 30.0 Å². The van der Waals surface area contributed by atoms with Crippen molar-refractivity contribution in [3.63, 3.8) is 0 Å². The van der Waals surface area contributed by atoms with Gasteiger partial charge in [-0.3, -0.25) is 0 Å². The first kappa shape index (κ1) is 8.97. The fraction of sp³-hybridized carbons (Fsp3) is 0.667. The molecule has 0 aliphatic heterocycles. The van der Waals surface area contributed by atoms with Gasteiger partial charge in [0, 0.05) is 0 Å². The van der Waals surface area contributed by atoms with Crippen LogP contribution in [0.25, 0.3) is 0 Å². The van der Waals surface area contributed by atoms with E-state index in [9.17, 15) is 0 Å². The summed E-state index contributed by atoms with van der Waals surface area (Å²) in [7, 11) is 0. The SMILES string of the molecule is [C-]#N.[CH3][Au+][CH3]. The molecule has 0 saturated heterocycles. The average Bonchev–Trinajstić information content (AvgIpc) is 1.46. The van der Waals surface area contributed by atoms with E-state index in [0.717, 1.165) is 0 Å². The van der Waals surface area contributed by atoms with E-state index in [0.29, 0.717) is 19.8 Å². The summed E-state index contributed by atoms with van der Waals surface area (Å²) in [5, 5.41) is 10.7. The van der Waals surface area contributed by atoms with Crippen LogP contribution in [0.15, 0.2) is 0 Å². The second-order valence-electron chi connectivity index (χ2n) is 0.302. The standard InChI is InChI=1S/CN.2CH3.Au/c1-2;;;/h;2*1H3;/q-1;;;+1. The molecule has 0 N–H and O–H groups in total. The number of hydrogen-bond donors (Lipinski definition) is 0. The first-order valence-corrected chi connectivity index (χ1v) is 5.16. The molecule has 2 heteroatoms.